The van der Waals surface area contributed by atoms with Crippen molar-refractivity contribution in [2.75, 3.05) is 39.4 Å². The predicted octanol–water partition coefficient (Wildman–Crippen LogP) is 5.05. The van der Waals surface area contributed by atoms with Crippen LogP contribution < -0.4 is 5.32 Å². The number of amides is 1. The molecule has 1 aliphatic rings. The molecule has 37 heavy (non-hydrogen) atoms. The summed E-state index contributed by atoms with van der Waals surface area (Å²) in [6.45, 7) is 4.64. The maximum absolute atomic E-state index is 12.6. The van der Waals surface area contributed by atoms with Crippen LogP contribution in [0.5, 0.6) is 0 Å². The zero-order valence-electron chi connectivity index (χ0n) is 19.8. The summed E-state index contributed by atoms with van der Waals surface area (Å²) in [7, 11) is 0. The molecule has 0 bridgehead atoms. The van der Waals surface area contributed by atoms with Gasteiger partial charge in [0.25, 0.3) is 5.91 Å². The van der Waals surface area contributed by atoms with Crippen molar-refractivity contribution >= 4 is 52.2 Å². The molecule has 1 N–H and O–H groups in total. The second-order valence-electron chi connectivity index (χ2n) is 8.20. The molecule has 0 atom stereocenters. The average Bonchev–Trinajstić information content (AvgIpc) is 3.56. The molecule has 5 rings (SSSR count). The maximum atomic E-state index is 12.6. The fourth-order valence-corrected chi connectivity index (χ4v) is 6.06. The fraction of sp³-hybridized carbons (Fsp3) is 0.280. The molecule has 0 unspecified atom stereocenters. The van der Waals surface area contributed by atoms with Crippen LogP contribution in [0.2, 0.25) is 10.0 Å². The number of thioether (sulfide) groups is 1. The van der Waals surface area contributed by atoms with Crippen LogP contribution in [0.3, 0.4) is 0 Å². The highest BCUT2D eigenvalue weighted by Crippen LogP contribution is 2.35. The third kappa shape index (κ3) is 6.34. The van der Waals surface area contributed by atoms with Crippen LogP contribution in [0.25, 0.3) is 17.1 Å². The Kier molecular flexibility index (Phi) is 8.75. The van der Waals surface area contributed by atoms with E-state index in [2.05, 4.69) is 25.4 Å². The van der Waals surface area contributed by atoms with Crippen molar-refractivity contribution in [2.45, 2.75) is 10.9 Å². The van der Waals surface area contributed by atoms with Gasteiger partial charge < -0.3 is 10.1 Å². The smallest absolute Gasteiger partial charge is 0.270 e. The average molecular weight is 576 g/mol. The van der Waals surface area contributed by atoms with Crippen LogP contribution in [0, 0.1) is 0 Å². The summed E-state index contributed by atoms with van der Waals surface area (Å²) in [4.78, 5) is 19.4. The highest BCUT2D eigenvalue weighted by molar-refractivity contribution is 7.98. The van der Waals surface area contributed by atoms with Gasteiger partial charge in [-0.3, -0.25) is 14.3 Å². The Hall–Kier alpha value is -2.47. The Morgan fingerprint density at radius 2 is 1.81 bits per heavy atom. The first-order valence-corrected chi connectivity index (χ1v) is 14.3. The Labute approximate surface area is 233 Å². The molecule has 2 aromatic carbocycles. The molecule has 192 valence electrons. The number of halogens is 2. The number of carbonyl (C=O) groups is 1. The molecule has 12 heteroatoms. The molecule has 0 radical (unpaired) electrons. The first-order chi connectivity index (χ1) is 18.1. The van der Waals surface area contributed by atoms with Crippen molar-refractivity contribution in [3.05, 3.63) is 74.7 Å². The van der Waals surface area contributed by atoms with Crippen molar-refractivity contribution in [2.24, 2.45) is 0 Å². The van der Waals surface area contributed by atoms with Crippen molar-refractivity contribution in [3.63, 3.8) is 0 Å². The summed E-state index contributed by atoms with van der Waals surface area (Å²) >= 11 is 15.9. The van der Waals surface area contributed by atoms with E-state index in [-0.39, 0.29) is 5.91 Å². The second-order valence-corrected chi connectivity index (χ2v) is 10.9. The number of nitrogens with one attached hydrogen (secondary N) is 1. The quantitative estimate of drug-likeness (QED) is 0.280. The normalized spacial score (nSPS) is 14.1. The molecule has 0 saturated carbocycles. The number of morpholine rings is 1. The van der Waals surface area contributed by atoms with E-state index in [1.54, 1.807) is 5.38 Å². The van der Waals surface area contributed by atoms with Crippen LogP contribution in [0.4, 0.5) is 0 Å². The number of carbonyl (C=O) groups excluding carboxylic acids is 1. The van der Waals surface area contributed by atoms with Crippen LogP contribution in [-0.4, -0.2) is 69.9 Å². The molecular formula is C25H24Cl2N6O2S2. The van der Waals surface area contributed by atoms with Gasteiger partial charge in [-0.15, -0.1) is 21.5 Å². The SMILES string of the molecule is O=C(NCCN1CCOCC1)c1csc(CSc2nnc(-c3ccccc3Cl)n2-c2ccccc2Cl)n1. The molecule has 8 nitrogen and oxygen atoms in total. The number of benzene rings is 2. The second kappa shape index (κ2) is 12.4. The van der Waals surface area contributed by atoms with Gasteiger partial charge in [-0.25, -0.2) is 4.98 Å². The lowest BCUT2D eigenvalue weighted by atomic mass is 10.2. The van der Waals surface area contributed by atoms with E-state index in [4.69, 9.17) is 27.9 Å². The molecule has 1 fully saturated rings. The van der Waals surface area contributed by atoms with Crippen molar-refractivity contribution < 1.29 is 9.53 Å². The van der Waals surface area contributed by atoms with Gasteiger partial charge >= 0.3 is 0 Å². The summed E-state index contributed by atoms with van der Waals surface area (Å²) in [6, 6.07) is 15.0. The van der Waals surface area contributed by atoms with Crippen LogP contribution in [-0.2, 0) is 10.5 Å². The number of hydrogen-bond donors (Lipinski definition) is 1. The minimum Gasteiger partial charge on any atom is -0.379 e. The summed E-state index contributed by atoms with van der Waals surface area (Å²) in [5, 5.41) is 16.2. The summed E-state index contributed by atoms with van der Waals surface area (Å²) < 4.78 is 7.26. The zero-order chi connectivity index (χ0) is 25.6. The molecule has 1 amide bonds. The fourth-order valence-electron chi connectivity index (χ4n) is 3.88. The molecule has 4 aromatic rings. The Morgan fingerprint density at radius 3 is 2.59 bits per heavy atom. The van der Waals surface area contributed by atoms with E-state index < -0.39 is 0 Å². The van der Waals surface area contributed by atoms with Gasteiger partial charge in [-0.2, -0.15) is 0 Å². The number of thiazole rings is 1. The molecule has 2 aromatic heterocycles. The number of para-hydroxylation sites is 1. The van der Waals surface area contributed by atoms with E-state index >= 15 is 0 Å². The number of rotatable bonds is 9. The van der Waals surface area contributed by atoms with Crippen LogP contribution in [0.15, 0.2) is 59.1 Å². The molecule has 1 saturated heterocycles. The van der Waals surface area contributed by atoms with E-state index in [0.29, 0.717) is 39.0 Å². The van der Waals surface area contributed by atoms with Gasteiger partial charge in [0, 0.05) is 37.1 Å². The van der Waals surface area contributed by atoms with Gasteiger partial charge in [0.2, 0.25) is 0 Å². The van der Waals surface area contributed by atoms with E-state index in [0.717, 1.165) is 49.1 Å². The number of aromatic nitrogens is 4. The summed E-state index contributed by atoms with van der Waals surface area (Å²) in [6.07, 6.45) is 0. The van der Waals surface area contributed by atoms with E-state index in [1.165, 1.54) is 23.1 Å². The Balaban J connectivity index is 1.29. The molecule has 0 spiro atoms. The largest absolute Gasteiger partial charge is 0.379 e. The number of ether oxygens (including phenoxy) is 1. The minimum absolute atomic E-state index is 0.166. The first-order valence-electron chi connectivity index (χ1n) is 11.7. The van der Waals surface area contributed by atoms with Crippen LogP contribution >= 0.6 is 46.3 Å². The van der Waals surface area contributed by atoms with Gasteiger partial charge in [-0.05, 0) is 24.3 Å². The molecule has 3 heterocycles. The molecule has 0 aliphatic carbocycles. The van der Waals surface area contributed by atoms with Gasteiger partial charge in [0.15, 0.2) is 11.0 Å². The maximum Gasteiger partial charge on any atom is 0.270 e. The van der Waals surface area contributed by atoms with Crippen molar-refractivity contribution in [3.8, 4) is 17.1 Å². The molecule has 1 aliphatic heterocycles. The Morgan fingerprint density at radius 1 is 1.05 bits per heavy atom. The number of nitrogens with zero attached hydrogens (tertiary/aromatic N) is 5. The lowest BCUT2D eigenvalue weighted by Crippen LogP contribution is -2.41. The standard InChI is InChI=1S/C25H24Cl2N6O2S2/c26-18-6-2-1-5-17(18)23-30-31-25(33(23)21-8-4-3-7-19(21)27)37-16-22-29-20(15-36-22)24(34)28-9-10-32-11-13-35-14-12-32/h1-8,15H,9-14,16H2,(H,28,34). The Bertz CT molecular complexity index is 1370. The van der Waals surface area contributed by atoms with Crippen molar-refractivity contribution in [1.29, 1.82) is 0 Å². The lowest BCUT2D eigenvalue weighted by molar-refractivity contribution is 0.0383. The predicted molar refractivity (Wildman–Crippen MR) is 148 cm³/mol. The van der Waals surface area contributed by atoms with E-state index in [9.17, 15) is 4.79 Å². The summed E-state index contributed by atoms with van der Waals surface area (Å²) in [5.74, 6) is 0.957. The lowest BCUT2D eigenvalue weighted by Gasteiger charge is -2.26. The topological polar surface area (TPSA) is 85.2 Å². The van der Waals surface area contributed by atoms with Gasteiger partial charge in [0.05, 0.1) is 34.7 Å². The first kappa shape index (κ1) is 26.1. The minimum atomic E-state index is -0.166. The summed E-state index contributed by atoms with van der Waals surface area (Å²) in [5.41, 5.74) is 1.94. The highest BCUT2D eigenvalue weighted by atomic mass is 35.5. The number of hydrogen-bond acceptors (Lipinski definition) is 8. The third-order valence-electron chi connectivity index (χ3n) is 5.77. The van der Waals surface area contributed by atoms with Gasteiger partial charge in [-0.1, -0.05) is 59.2 Å². The monoisotopic (exact) mass is 574 g/mol. The highest BCUT2D eigenvalue weighted by Gasteiger charge is 2.20. The van der Waals surface area contributed by atoms with Gasteiger partial charge in [0.1, 0.15) is 10.7 Å². The molecular weight excluding hydrogens is 551 g/mol. The zero-order valence-corrected chi connectivity index (χ0v) is 22.9. The van der Waals surface area contributed by atoms with Crippen LogP contribution in [0.1, 0.15) is 15.5 Å². The third-order valence-corrected chi connectivity index (χ3v) is 8.39. The van der Waals surface area contributed by atoms with Crippen molar-refractivity contribution in [1.82, 2.24) is 30.0 Å². The van der Waals surface area contributed by atoms with E-state index in [1.807, 2.05) is 53.1 Å².